The molecule has 0 radical (unpaired) electrons. The van der Waals surface area contributed by atoms with Crippen LogP contribution in [-0.4, -0.2) is 4.57 Å². The van der Waals surface area contributed by atoms with Gasteiger partial charge in [-0.05, 0) is 118 Å². The normalized spacial score (nSPS) is 12.1. The Kier molecular flexibility index (Phi) is 8.44. The monoisotopic (exact) mass is 889 g/mol. The Morgan fingerprint density at radius 1 is 0.393 bits per heavy atom. The van der Waals surface area contributed by atoms with E-state index in [2.05, 4.69) is 81.4 Å². The molecule has 0 unspecified atom stereocenters. The summed E-state index contributed by atoms with van der Waals surface area (Å²) >= 11 is 15.8. The van der Waals surface area contributed by atoms with Crippen LogP contribution in [-0.2, 0) is 0 Å². The standard InChI is InChI=1S/C44H27NO2S9/c1-20-7-10-28(49-20)33-17-24-37(31-11-8-21(2)50-31)40-25(38(39(24)54-33)32-12-9-22(3)51-32)18-34(55-40)29-13-14-30(53-29)35-19-27-42(56-35)41-26(16-23(4)52-41)43(46)45(44(27)47)36-6-5-15-48-36/h5-19H,1-4H3. The molecule has 12 heteroatoms. The fourth-order valence-electron chi connectivity index (χ4n) is 7.42. The number of nitrogens with zero attached hydrogens (tertiary/aromatic N) is 1. The van der Waals surface area contributed by atoms with E-state index in [1.807, 2.05) is 93.3 Å². The zero-order valence-electron chi connectivity index (χ0n) is 30.1. The predicted octanol–water partition coefficient (Wildman–Crippen LogP) is 15.9. The lowest BCUT2D eigenvalue weighted by atomic mass is 9.99. The average molecular weight is 890 g/mol. The van der Waals surface area contributed by atoms with Crippen LogP contribution in [0.1, 0.15) is 19.5 Å². The lowest BCUT2D eigenvalue weighted by Gasteiger charge is -2.09. The summed E-state index contributed by atoms with van der Waals surface area (Å²) in [6.45, 7) is 8.60. The van der Waals surface area contributed by atoms with E-state index in [4.69, 9.17) is 0 Å². The summed E-state index contributed by atoms with van der Waals surface area (Å²) < 4.78 is 5.80. The van der Waals surface area contributed by atoms with E-state index < -0.39 is 0 Å². The van der Waals surface area contributed by atoms with Crippen molar-refractivity contribution in [2.24, 2.45) is 0 Å². The third kappa shape index (κ3) is 5.60. The molecule has 0 bridgehead atoms. The molecule has 10 aromatic heterocycles. The SMILES string of the molecule is Cc1ccc(-c2cc3c(-c4ccc(C)s4)c4sc(-c5ccc(-c6cc7c(=O)n(-c8cccs8)c(=O)c8cc(C)sc8c7s6)s5)cc4c(-c4ccc(C)s4)c3s2)s1. The molecule has 0 amide bonds. The first-order chi connectivity index (χ1) is 27.2. The number of hydrogen-bond acceptors (Lipinski definition) is 11. The van der Waals surface area contributed by atoms with Crippen LogP contribution in [0.4, 0.5) is 0 Å². The van der Waals surface area contributed by atoms with Crippen molar-refractivity contribution in [3.8, 4) is 55.1 Å². The minimum atomic E-state index is -0.262. The average Bonchev–Trinajstić information content (AvgIpc) is 4.01. The van der Waals surface area contributed by atoms with E-state index in [0.717, 1.165) is 24.0 Å². The molecular weight excluding hydrogens is 863 g/mol. The second-order valence-corrected chi connectivity index (χ2v) is 24.0. The van der Waals surface area contributed by atoms with Gasteiger partial charge in [0.15, 0.2) is 0 Å². The van der Waals surface area contributed by atoms with E-state index in [0.29, 0.717) is 15.8 Å². The van der Waals surface area contributed by atoms with Gasteiger partial charge in [0, 0.05) is 89.8 Å². The molecule has 56 heavy (non-hydrogen) atoms. The first-order valence-electron chi connectivity index (χ1n) is 17.7. The fraction of sp³-hybridized carbons (Fsp3) is 0.0909. The van der Waals surface area contributed by atoms with Crippen LogP contribution in [0.5, 0.6) is 0 Å². The van der Waals surface area contributed by atoms with Gasteiger partial charge in [0.2, 0.25) is 0 Å². The molecule has 11 aromatic rings. The van der Waals surface area contributed by atoms with Gasteiger partial charge >= 0.3 is 0 Å². The number of rotatable bonds is 6. The maximum Gasteiger partial charge on any atom is 0.267 e. The van der Waals surface area contributed by atoms with Gasteiger partial charge in [-0.3, -0.25) is 9.59 Å². The highest BCUT2D eigenvalue weighted by atomic mass is 32.1. The summed E-state index contributed by atoms with van der Waals surface area (Å²) in [5.74, 6) is 0. The molecule has 0 fully saturated rings. The van der Waals surface area contributed by atoms with Gasteiger partial charge in [0.1, 0.15) is 5.00 Å². The van der Waals surface area contributed by atoms with Crippen molar-refractivity contribution in [1.29, 1.82) is 0 Å². The summed E-state index contributed by atoms with van der Waals surface area (Å²) in [4.78, 5) is 42.9. The lowest BCUT2D eigenvalue weighted by molar-refractivity contribution is 0.999. The van der Waals surface area contributed by atoms with Crippen LogP contribution in [0.3, 0.4) is 0 Å². The molecule has 0 aliphatic heterocycles. The smallest absolute Gasteiger partial charge is 0.267 e. The van der Waals surface area contributed by atoms with Gasteiger partial charge in [-0.2, -0.15) is 0 Å². The highest BCUT2D eigenvalue weighted by Crippen LogP contribution is 2.55. The Balaban J connectivity index is 1.12. The number of fused-ring (bicyclic) bond motifs is 5. The van der Waals surface area contributed by atoms with Crippen LogP contribution >= 0.6 is 102 Å². The molecule has 3 nitrogen and oxygen atoms in total. The van der Waals surface area contributed by atoms with Crippen molar-refractivity contribution >= 4 is 142 Å². The number of aromatic nitrogens is 1. The van der Waals surface area contributed by atoms with Crippen molar-refractivity contribution in [2.45, 2.75) is 27.7 Å². The largest absolute Gasteiger partial charge is 0.268 e. The van der Waals surface area contributed by atoms with Crippen molar-refractivity contribution < 1.29 is 0 Å². The number of hydrogen-bond donors (Lipinski definition) is 0. The molecule has 0 atom stereocenters. The zero-order chi connectivity index (χ0) is 38.0. The summed E-state index contributed by atoms with van der Waals surface area (Å²) in [7, 11) is 0. The topological polar surface area (TPSA) is 39.1 Å². The molecular formula is C44H27NO2S9. The highest BCUT2D eigenvalue weighted by molar-refractivity contribution is 7.32. The van der Waals surface area contributed by atoms with E-state index in [9.17, 15) is 9.59 Å². The molecule has 1 aromatic carbocycles. The zero-order valence-corrected chi connectivity index (χ0v) is 37.4. The van der Waals surface area contributed by atoms with Gasteiger partial charge in [-0.1, -0.05) is 0 Å². The quantitative estimate of drug-likeness (QED) is 0.167. The van der Waals surface area contributed by atoms with E-state index in [1.165, 1.54) is 91.1 Å². The second kappa shape index (κ2) is 13.4. The van der Waals surface area contributed by atoms with Crippen LogP contribution in [0, 0.1) is 27.7 Å². The molecule has 0 aliphatic carbocycles. The molecule has 0 saturated carbocycles. The van der Waals surface area contributed by atoms with Crippen molar-refractivity contribution in [3.05, 3.63) is 131 Å². The van der Waals surface area contributed by atoms with Gasteiger partial charge < -0.3 is 0 Å². The minimum absolute atomic E-state index is 0.253. The summed E-state index contributed by atoms with van der Waals surface area (Å²) in [6.07, 6.45) is 0. The maximum atomic E-state index is 14.2. The van der Waals surface area contributed by atoms with Gasteiger partial charge in [0.05, 0.1) is 20.2 Å². The third-order valence-corrected chi connectivity index (χ3v) is 20.1. The molecule has 0 aliphatic rings. The molecule has 0 N–H and O–H groups in total. The van der Waals surface area contributed by atoms with Crippen molar-refractivity contribution in [3.63, 3.8) is 0 Å². The maximum absolute atomic E-state index is 14.2. The van der Waals surface area contributed by atoms with Crippen LogP contribution in [0.15, 0.2) is 99.9 Å². The summed E-state index contributed by atoms with van der Waals surface area (Å²) in [5, 5.41) is 6.37. The van der Waals surface area contributed by atoms with Gasteiger partial charge in [-0.15, -0.1) is 102 Å². The number of benzene rings is 1. The van der Waals surface area contributed by atoms with Crippen molar-refractivity contribution in [2.75, 3.05) is 0 Å². The minimum Gasteiger partial charge on any atom is -0.268 e. The predicted molar refractivity (Wildman–Crippen MR) is 255 cm³/mol. The van der Waals surface area contributed by atoms with Crippen LogP contribution < -0.4 is 11.1 Å². The van der Waals surface area contributed by atoms with E-state index in [1.54, 1.807) is 34.0 Å². The molecule has 274 valence electrons. The molecule has 10 heterocycles. The van der Waals surface area contributed by atoms with E-state index >= 15 is 0 Å². The Bertz CT molecular complexity index is 3380. The Morgan fingerprint density at radius 3 is 1.34 bits per heavy atom. The highest BCUT2D eigenvalue weighted by Gasteiger charge is 2.25. The number of thiophene rings is 9. The first kappa shape index (κ1) is 35.4. The third-order valence-electron chi connectivity index (χ3n) is 9.89. The van der Waals surface area contributed by atoms with Gasteiger partial charge in [0.25, 0.3) is 11.1 Å². The van der Waals surface area contributed by atoms with E-state index in [-0.39, 0.29) is 11.1 Å². The lowest BCUT2D eigenvalue weighted by Crippen LogP contribution is -2.27. The molecule has 0 spiro atoms. The fourth-order valence-corrected chi connectivity index (χ4v) is 17.0. The van der Waals surface area contributed by atoms with Crippen molar-refractivity contribution in [1.82, 2.24) is 4.57 Å². The Hall–Kier alpha value is -3.82. The number of aryl methyl sites for hydroxylation is 4. The summed E-state index contributed by atoms with van der Waals surface area (Å²) in [6, 6.07) is 30.6. The van der Waals surface area contributed by atoms with Crippen LogP contribution in [0.2, 0.25) is 0 Å². The molecule has 11 rings (SSSR count). The Morgan fingerprint density at radius 2 is 0.839 bits per heavy atom. The Labute approximate surface area is 356 Å². The van der Waals surface area contributed by atoms with Gasteiger partial charge in [-0.25, -0.2) is 4.57 Å². The molecule has 0 saturated heterocycles. The second-order valence-electron chi connectivity index (χ2n) is 13.7. The first-order valence-corrected chi connectivity index (χ1v) is 25.1. The summed E-state index contributed by atoms with van der Waals surface area (Å²) in [5.41, 5.74) is 2.15. The van der Waals surface area contributed by atoms with Crippen LogP contribution in [0.25, 0.3) is 95.5 Å².